The van der Waals surface area contributed by atoms with E-state index < -0.39 is 67.1 Å². The normalized spacial score (nSPS) is 19.4. The topological polar surface area (TPSA) is 46.5 Å². The Hall–Kier alpha value is -1.85. The first-order valence-electron chi connectivity index (χ1n) is 6.63. The number of rotatable bonds is 8. The summed E-state index contributed by atoms with van der Waals surface area (Å²) < 4.78 is 209. The van der Waals surface area contributed by atoms with Crippen LogP contribution in [0, 0.1) is 5.92 Å². The number of halogens is 16. The Labute approximate surface area is 153 Å². The van der Waals surface area contributed by atoms with Gasteiger partial charge in [0.15, 0.2) is 5.92 Å². The zero-order valence-electron chi connectivity index (χ0n) is 13.3. The molecule has 0 aromatic heterocycles. The number of hydrogen-bond acceptors (Lipinski definition) is 2. The monoisotopic (exact) mass is 490 g/mol. The molecule has 3 nitrogen and oxygen atoms in total. The van der Waals surface area contributed by atoms with Crippen molar-refractivity contribution in [2.45, 2.75) is 55.0 Å². The van der Waals surface area contributed by atoms with E-state index in [1.807, 2.05) is 0 Å². The Morgan fingerprint density at radius 1 is 0.800 bits per heavy atom. The summed E-state index contributed by atoms with van der Waals surface area (Å²) >= 11 is 0. The highest BCUT2D eigenvalue weighted by Gasteiger charge is 2.84. The molecule has 30 heavy (non-hydrogen) atoms. The Morgan fingerprint density at radius 3 is 1.43 bits per heavy atom. The molecule has 0 radical (unpaired) electrons. The first-order valence-corrected chi connectivity index (χ1v) is 6.63. The predicted octanol–water partition coefficient (Wildman–Crippen LogP) is 5.99. The molecule has 0 aromatic rings. The summed E-state index contributed by atoms with van der Waals surface area (Å²) in [6, 6.07) is 0. The van der Waals surface area contributed by atoms with Gasteiger partial charge in [0.25, 0.3) is 17.9 Å². The summed E-state index contributed by atoms with van der Waals surface area (Å²) in [6.45, 7) is 0. The summed E-state index contributed by atoms with van der Waals surface area (Å²) in [4.78, 5) is 10.2. The van der Waals surface area contributed by atoms with Crippen molar-refractivity contribution in [2.75, 3.05) is 0 Å². The van der Waals surface area contributed by atoms with Gasteiger partial charge in [-0.05, 0) is 0 Å². The van der Waals surface area contributed by atoms with E-state index in [9.17, 15) is 75.0 Å². The average Bonchev–Trinajstić information content (AvgIpc) is 2.41. The fraction of sp³-hybridized carbons (Fsp3) is 0.909. The van der Waals surface area contributed by atoms with E-state index in [1.165, 1.54) is 0 Å². The summed E-state index contributed by atoms with van der Waals surface area (Å²) in [5.41, 5.74) is -7.44. The van der Waals surface area contributed by atoms with E-state index in [0.29, 0.717) is 0 Å². The number of carboxylic acid groups (broad SMARTS) is 1. The van der Waals surface area contributed by atoms with Crippen LogP contribution in [0.15, 0.2) is 0 Å². The van der Waals surface area contributed by atoms with Gasteiger partial charge >= 0.3 is 36.8 Å². The average molecular weight is 490 g/mol. The van der Waals surface area contributed by atoms with Crippen LogP contribution in [0.2, 0.25) is 0 Å². The van der Waals surface area contributed by atoms with E-state index in [4.69, 9.17) is 5.11 Å². The minimum absolute atomic E-state index is 2.50. The zero-order chi connectivity index (χ0) is 24.7. The smallest absolute Gasteiger partial charge is 0.450 e. The minimum Gasteiger partial charge on any atom is -0.450 e. The largest absolute Gasteiger partial charge is 0.508 e. The van der Waals surface area contributed by atoms with Gasteiger partial charge < -0.3 is 9.84 Å². The molecule has 3 atom stereocenters. The summed E-state index contributed by atoms with van der Waals surface area (Å²) in [5.74, 6) is -27.0. The summed E-state index contributed by atoms with van der Waals surface area (Å²) in [5, 5.41) is 8.07. The molecule has 0 amide bonds. The SMILES string of the molecule is O=C(O)OC(F)(CC(F)(C(F)(F)C(F)F)C(F)(F)C(F)(F)F)C(C(F)F)C(F)(F)F. The Morgan fingerprint density at radius 2 is 1.20 bits per heavy atom. The molecule has 0 saturated carbocycles. The molecule has 0 aliphatic carbocycles. The molecule has 1 N–H and O–H groups in total. The third-order valence-corrected chi connectivity index (χ3v) is 3.47. The second-order valence-electron chi connectivity index (χ2n) is 5.48. The lowest BCUT2D eigenvalue weighted by Gasteiger charge is -2.43. The molecule has 0 fully saturated rings. The van der Waals surface area contributed by atoms with Crippen LogP contribution in [-0.2, 0) is 4.74 Å². The molecule has 0 heterocycles. The highest BCUT2D eigenvalue weighted by Crippen LogP contribution is 2.59. The molecule has 180 valence electrons. The molecule has 0 spiro atoms. The second kappa shape index (κ2) is 8.01. The number of alkyl halides is 16. The third kappa shape index (κ3) is 4.89. The van der Waals surface area contributed by atoms with Crippen molar-refractivity contribution in [1.82, 2.24) is 0 Å². The van der Waals surface area contributed by atoms with Gasteiger partial charge in [-0.1, -0.05) is 0 Å². The highest BCUT2D eigenvalue weighted by molar-refractivity contribution is 5.57. The van der Waals surface area contributed by atoms with Gasteiger partial charge in [0, 0.05) is 0 Å². The van der Waals surface area contributed by atoms with Gasteiger partial charge in [0.05, 0.1) is 6.42 Å². The van der Waals surface area contributed by atoms with Crippen LogP contribution in [-0.4, -0.2) is 59.8 Å². The Balaban J connectivity index is 7.07. The maximum absolute atomic E-state index is 14.3. The maximum Gasteiger partial charge on any atom is 0.508 e. The number of carbonyl (C=O) groups is 1. The molecular weight excluding hydrogens is 484 g/mol. The van der Waals surface area contributed by atoms with Crippen LogP contribution < -0.4 is 0 Å². The van der Waals surface area contributed by atoms with E-state index in [1.54, 1.807) is 0 Å². The molecule has 0 aromatic carbocycles. The molecule has 19 heteroatoms. The lowest BCUT2D eigenvalue weighted by atomic mass is 9.79. The van der Waals surface area contributed by atoms with Gasteiger partial charge in [-0.15, -0.1) is 0 Å². The molecule has 0 rings (SSSR count). The van der Waals surface area contributed by atoms with Crippen molar-refractivity contribution >= 4 is 6.16 Å². The van der Waals surface area contributed by atoms with Gasteiger partial charge in [-0.25, -0.2) is 26.7 Å². The van der Waals surface area contributed by atoms with Crippen LogP contribution in [0.4, 0.5) is 75.0 Å². The third-order valence-electron chi connectivity index (χ3n) is 3.47. The number of hydrogen-bond donors (Lipinski definition) is 1. The molecule has 0 aliphatic heterocycles. The fourth-order valence-electron chi connectivity index (χ4n) is 2.10. The predicted molar refractivity (Wildman–Crippen MR) is 58.9 cm³/mol. The van der Waals surface area contributed by atoms with Crippen molar-refractivity contribution in [3.8, 4) is 0 Å². The molecular formula is C11H6F16O3. The first kappa shape index (κ1) is 28.1. The fourth-order valence-corrected chi connectivity index (χ4v) is 2.10. The Kier molecular flexibility index (Phi) is 7.51. The van der Waals surface area contributed by atoms with Crippen molar-refractivity contribution in [3.05, 3.63) is 0 Å². The highest BCUT2D eigenvalue weighted by atomic mass is 19.4. The second-order valence-corrected chi connectivity index (χ2v) is 5.48. The lowest BCUT2D eigenvalue weighted by molar-refractivity contribution is -0.393. The van der Waals surface area contributed by atoms with Gasteiger partial charge in [-0.2, -0.15) is 48.3 Å². The first-order chi connectivity index (χ1) is 12.9. The Bertz CT molecular complexity index is 613. The molecule has 0 saturated heterocycles. The van der Waals surface area contributed by atoms with Crippen LogP contribution in [0.3, 0.4) is 0 Å². The van der Waals surface area contributed by atoms with Crippen molar-refractivity contribution in [1.29, 1.82) is 0 Å². The van der Waals surface area contributed by atoms with Crippen LogP contribution in [0.5, 0.6) is 0 Å². The molecule has 3 unspecified atom stereocenters. The van der Waals surface area contributed by atoms with Gasteiger partial charge in [0.1, 0.15) is 0 Å². The van der Waals surface area contributed by atoms with Crippen molar-refractivity contribution in [3.63, 3.8) is 0 Å². The minimum atomic E-state index is -7.82. The van der Waals surface area contributed by atoms with Crippen molar-refractivity contribution in [2.24, 2.45) is 5.92 Å². The molecule has 0 aliphatic rings. The molecule has 0 bridgehead atoms. The van der Waals surface area contributed by atoms with Crippen LogP contribution in [0.25, 0.3) is 0 Å². The van der Waals surface area contributed by atoms with Crippen LogP contribution >= 0.6 is 0 Å². The number of ether oxygens (including phenoxy) is 1. The van der Waals surface area contributed by atoms with E-state index in [0.717, 1.165) is 0 Å². The van der Waals surface area contributed by atoms with Crippen LogP contribution in [0.1, 0.15) is 6.42 Å². The van der Waals surface area contributed by atoms with E-state index >= 15 is 0 Å². The lowest BCUT2D eigenvalue weighted by Crippen LogP contribution is -2.69. The quantitative estimate of drug-likeness (QED) is 0.336. The summed E-state index contributed by atoms with van der Waals surface area (Å²) in [6.07, 6.45) is -33.7. The summed E-state index contributed by atoms with van der Waals surface area (Å²) in [7, 11) is 0. The maximum atomic E-state index is 14.3. The van der Waals surface area contributed by atoms with E-state index in [2.05, 4.69) is 4.74 Å². The van der Waals surface area contributed by atoms with Gasteiger partial charge in [0.2, 0.25) is 0 Å². The van der Waals surface area contributed by atoms with Gasteiger partial charge in [-0.3, -0.25) is 0 Å². The zero-order valence-corrected chi connectivity index (χ0v) is 13.3. The van der Waals surface area contributed by atoms with E-state index in [-0.39, 0.29) is 0 Å². The van der Waals surface area contributed by atoms with Crippen molar-refractivity contribution < 1.29 is 84.9 Å². The standard InChI is InChI=1S/C11H6F16O3/c12-3(13)2(9(20,21)22)6(16,30-5(28)29)1-7(17,8(18,19)4(14)15)10(23,24)11(25,26)27/h2-4H,1H2,(H,28,29).